The fraction of sp³-hybridized carbons (Fsp3) is 0.583. The van der Waals surface area contributed by atoms with Gasteiger partial charge < -0.3 is 5.32 Å². The molecular weight excluding hydrogens is 214 g/mol. The summed E-state index contributed by atoms with van der Waals surface area (Å²) >= 11 is 0. The zero-order chi connectivity index (χ0) is 12.3. The first-order valence-corrected chi connectivity index (χ1v) is 6.14. The van der Waals surface area contributed by atoms with Crippen molar-refractivity contribution in [1.82, 2.24) is 24.9 Å². The normalized spacial score (nSPS) is 13.1. The standard InChI is InChI=1S/C12H19N5/c1-4-10(13-5-2)7-11-6-9(3)16-12-14-8-15-17(11)12/h6,8,10,13H,4-5,7H2,1-3H3. The van der Waals surface area contributed by atoms with Gasteiger partial charge in [0.25, 0.3) is 5.78 Å². The average molecular weight is 233 g/mol. The molecule has 0 saturated heterocycles. The van der Waals surface area contributed by atoms with Crippen molar-refractivity contribution >= 4 is 5.78 Å². The van der Waals surface area contributed by atoms with Crippen LogP contribution in [-0.2, 0) is 6.42 Å². The van der Waals surface area contributed by atoms with Crippen molar-refractivity contribution in [3.63, 3.8) is 0 Å². The third-order valence-corrected chi connectivity index (χ3v) is 2.89. The minimum atomic E-state index is 0.481. The number of aromatic nitrogens is 4. The maximum Gasteiger partial charge on any atom is 0.252 e. The highest BCUT2D eigenvalue weighted by atomic mass is 15.3. The van der Waals surface area contributed by atoms with Crippen molar-refractivity contribution in [2.24, 2.45) is 0 Å². The minimum absolute atomic E-state index is 0.481. The molecule has 0 aliphatic rings. The molecule has 0 aromatic carbocycles. The van der Waals surface area contributed by atoms with Gasteiger partial charge in [-0.1, -0.05) is 13.8 Å². The molecule has 1 unspecified atom stereocenters. The molecule has 1 N–H and O–H groups in total. The van der Waals surface area contributed by atoms with Gasteiger partial charge in [-0.05, 0) is 26.0 Å². The summed E-state index contributed by atoms with van der Waals surface area (Å²) in [5.74, 6) is 0.686. The first kappa shape index (κ1) is 12.0. The number of hydrogen-bond donors (Lipinski definition) is 1. The van der Waals surface area contributed by atoms with E-state index in [-0.39, 0.29) is 0 Å². The predicted molar refractivity (Wildman–Crippen MR) is 67.0 cm³/mol. The van der Waals surface area contributed by atoms with E-state index in [0.29, 0.717) is 11.8 Å². The van der Waals surface area contributed by atoms with Gasteiger partial charge in [-0.15, -0.1) is 0 Å². The van der Waals surface area contributed by atoms with Crippen LogP contribution >= 0.6 is 0 Å². The zero-order valence-corrected chi connectivity index (χ0v) is 10.6. The number of hydrogen-bond acceptors (Lipinski definition) is 4. The second-order valence-electron chi connectivity index (χ2n) is 4.23. The Bertz CT molecular complexity index is 491. The smallest absolute Gasteiger partial charge is 0.252 e. The van der Waals surface area contributed by atoms with Crippen LogP contribution in [0.15, 0.2) is 12.4 Å². The Balaban J connectivity index is 2.30. The molecule has 0 spiro atoms. The molecule has 2 aromatic rings. The average Bonchev–Trinajstić information content (AvgIpc) is 2.76. The molecule has 0 amide bonds. The van der Waals surface area contributed by atoms with Crippen LogP contribution in [0.4, 0.5) is 0 Å². The minimum Gasteiger partial charge on any atom is -0.314 e. The van der Waals surface area contributed by atoms with Gasteiger partial charge in [0.05, 0.1) is 0 Å². The van der Waals surface area contributed by atoms with E-state index in [1.54, 1.807) is 6.33 Å². The molecule has 0 radical (unpaired) electrons. The fourth-order valence-electron chi connectivity index (χ4n) is 2.05. The van der Waals surface area contributed by atoms with Gasteiger partial charge in [-0.25, -0.2) is 9.50 Å². The van der Waals surface area contributed by atoms with E-state index in [4.69, 9.17) is 0 Å². The lowest BCUT2D eigenvalue weighted by Crippen LogP contribution is -2.31. The Morgan fingerprint density at radius 3 is 2.94 bits per heavy atom. The number of nitrogens with zero attached hydrogens (tertiary/aromatic N) is 4. The summed E-state index contributed by atoms with van der Waals surface area (Å²) in [7, 11) is 0. The maximum atomic E-state index is 4.34. The van der Waals surface area contributed by atoms with Crippen molar-refractivity contribution in [2.75, 3.05) is 6.54 Å². The lowest BCUT2D eigenvalue weighted by atomic mass is 10.1. The SMILES string of the molecule is CCNC(CC)Cc1cc(C)nc2ncnn12. The summed E-state index contributed by atoms with van der Waals surface area (Å²) in [6.45, 7) is 7.31. The summed E-state index contributed by atoms with van der Waals surface area (Å²) in [6.07, 6.45) is 3.61. The van der Waals surface area contributed by atoms with Crippen LogP contribution in [0.5, 0.6) is 0 Å². The molecule has 92 valence electrons. The Hall–Kier alpha value is -1.49. The van der Waals surface area contributed by atoms with Gasteiger partial charge in [0.15, 0.2) is 0 Å². The summed E-state index contributed by atoms with van der Waals surface area (Å²) < 4.78 is 1.83. The number of likely N-dealkylation sites (N-methyl/N-ethyl adjacent to an activating group) is 1. The quantitative estimate of drug-likeness (QED) is 0.847. The van der Waals surface area contributed by atoms with E-state index in [1.165, 1.54) is 0 Å². The monoisotopic (exact) mass is 233 g/mol. The second-order valence-corrected chi connectivity index (χ2v) is 4.23. The Morgan fingerprint density at radius 2 is 2.24 bits per heavy atom. The Labute approximate surface area is 101 Å². The molecule has 2 heterocycles. The topological polar surface area (TPSA) is 55.1 Å². The van der Waals surface area contributed by atoms with E-state index in [2.05, 4.69) is 40.3 Å². The summed E-state index contributed by atoms with van der Waals surface area (Å²) in [4.78, 5) is 8.48. The molecular formula is C12H19N5. The zero-order valence-electron chi connectivity index (χ0n) is 10.6. The van der Waals surface area contributed by atoms with Crippen molar-refractivity contribution < 1.29 is 0 Å². The third-order valence-electron chi connectivity index (χ3n) is 2.89. The van der Waals surface area contributed by atoms with Crippen LogP contribution < -0.4 is 5.32 Å². The van der Waals surface area contributed by atoms with Gasteiger partial charge in [-0.3, -0.25) is 0 Å². The lowest BCUT2D eigenvalue weighted by molar-refractivity contribution is 0.500. The van der Waals surface area contributed by atoms with E-state index in [1.807, 2.05) is 11.4 Å². The molecule has 0 aliphatic carbocycles. The third kappa shape index (κ3) is 2.61. The maximum absolute atomic E-state index is 4.34. The van der Waals surface area contributed by atoms with Gasteiger partial charge in [0.1, 0.15) is 6.33 Å². The first-order chi connectivity index (χ1) is 8.24. The molecule has 2 aromatic heterocycles. The van der Waals surface area contributed by atoms with Crippen molar-refractivity contribution in [3.05, 3.63) is 23.8 Å². The lowest BCUT2D eigenvalue weighted by Gasteiger charge is -2.16. The Morgan fingerprint density at radius 1 is 1.41 bits per heavy atom. The number of nitrogens with one attached hydrogen (secondary N) is 1. The van der Waals surface area contributed by atoms with Crippen LogP contribution in [-0.4, -0.2) is 32.2 Å². The largest absolute Gasteiger partial charge is 0.314 e. The molecule has 0 bridgehead atoms. The second kappa shape index (κ2) is 5.23. The van der Waals surface area contributed by atoms with Gasteiger partial charge in [-0.2, -0.15) is 10.1 Å². The molecule has 0 saturated carbocycles. The number of rotatable bonds is 5. The van der Waals surface area contributed by atoms with E-state index in [9.17, 15) is 0 Å². The van der Waals surface area contributed by atoms with Crippen LogP contribution in [0, 0.1) is 6.92 Å². The van der Waals surface area contributed by atoms with Gasteiger partial charge in [0, 0.05) is 23.9 Å². The highest BCUT2D eigenvalue weighted by Gasteiger charge is 2.11. The van der Waals surface area contributed by atoms with Crippen LogP contribution in [0.25, 0.3) is 5.78 Å². The molecule has 0 aliphatic heterocycles. The van der Waals surface area contributed by atoms with Crippen molar-refractivity contribution in [3.8, 4) is 0 Å². The molecule has 5 nitrogen and oxygen atoms in total. The van der Waals surface area contributed by atoms with E-state index >= 15 is 0 Å². The predicted octanol–water partition coefficient (Wildman–Crippen LogP) is 1.36. The molecule has 1 atom stereocenters. The van der Waals surface area contributed by atoms with Crippen LogP contribution in [0.3, 0.4) is 0 Å². The van der Waals surface area contributed by atoms with Crippen LogP contribution in [0.2, 0.25) is 0 Å². The van der Waals surface area contributed by atoms with Gasteiger partial charge >= 0.3 is 0 Å². The summed E-state index contributed by atoms with van der Waals surface area (Å²) in [6, 6.07) is 2.57. The van der Waals surface area contributed by atoms with Gasteiger partial charge in [0.2, 0.25) is 0 Å². The molecule has 0 fully saturated rings. The molecule has 17 heavy (non-hydrogen) atoms. The highest BCUT2D eigenvalue weighted by Crippen LogP contribution is 2.08. The summed E-state index contributed by atoms with van der Waals surface area (Å²) in [5.41, 5.74) is 2.16. The number of aryl methyl sites for hydroxylation is 1. The summed E-state index contributed by atoms with van der Waals surface area (Å²) in [5, 5.41) is 7.70. The highest BCUT2D eigenvalue weighted by molar-refractivity contribution is 5.30. The van der Waals surface area contributed by atoms with Crippen molar-refractivity contribution in [1.29, 1.82) is 0 Å². The van der Waals surface area contributed by atoms with E-state index < -0.39 is 0 Å². The fourth-order valence-corrected chi connectivity index (χ4v) is 2.05. The Kier molecular flexibility index (Phi) is 3.68. The molecule has 2 rings (SSSR count). The van der Waals surface area contributed by atoms with Crippen LogP contribution in [0.1, 0.15) is 31.7 Å². The van der Waals surface area contributed by atoms with Crippen molar-refractivity contribution in [2.45, 2.75) is 39.7 Å². The molecule has 5 heteroatoms. The van der Waals surface area contributed by atoms with E-state index in [0.717, 1.165) is 30.8 Å². The first-order valence-electron chi connectivity index (χ1n) is 6.14. The number of fused-ring (bicyclic) bond motifs is 1.